The van der Waals surface area contributed by atoms with Crippen molar-refractivity contribution >= 4 is 34.7 Å². The molecule has 0 saturated heterocycles. The summed E-state index contributed by atoms with van der Waals surface area (Å²) >= 11 is 0. The number of phenolic OH excluding ortho intramolecular Hbond substituents is 1. The summed E-state index contributed by atoms with van der Waals surface area (Å²) in [6, 6.07) is 10.4. The van der Waals surface area contributed by atoms with Crippen LogP contribution in [-0.2, 0) is 17.6 Å². The van der Waals surface area contributed by atoms with Crippen molar-refractivity contribution in [2.24, 2.45) is 10.2 Å². The Morgan fingerprint density at radius 1 is 1.11 bits per heavy atom. The Hall–Kier alpha value is -4.40. The van der Waals surface area contributed by atoms with E-state index in [1.165, 1.54) is 17.1 Å². The van der Waals surface area contributed by atoms with Gasteiger partial charge in [-0.1, -0.05) is 6.07 Å². The Balaban J connectivity index is 1.48. The molecule has 2 aliphatic rings. The van der Waals surface area contributed by atoms with Crippen LogP contribution >= 0.6 is 0 Å². The maximum Gasteiger partial charge on any atom is 0.371 e. The maximum atomic E-state index is 13.1. The third kappa shape index (κ3) is 3.84. The van der Waals surface area contributed by atoms with Crippen LogP contribution in [0.5, 0.6) is 5.75 Å². The third-order valence-corrected chi connectivity index (χ3v) is 6.45. The van der Waals surface area contributed by atoms with Gasteiger partial charge in [-0.05, 0) is 92.6 Å². The second-order valence-corrected chi connectivity index (χ2v) is 8.75. The van der Waals surface area contributed by atoms with E-state index in [2.05, 4.69) is 15.6 Å². The lowest BCUT2D eigenvalue weighted by molar-refractivity contribution is -0.112. The van der Waals surface area contributed by atoms with Crippen LogP contribution in [0.25, 0.3) is 11.3 Å². The molecule has 1 aliphatic heterocycles. The largest absolute Gasteiger partial charge is 0.505 e. The zero-order chi connectivity index (χ0) is 24.9. The Bertz CT molecular complexity index is 1450. The molecular weight excluding hydrogens is 448 g/mol. The summed E-state index contributed by atoms with van der Waals surface area (Å²) in [5.74, 6) is -1.62. The number of carboxylic acids is 1. The maximum absolute atomic E-state index is 13.1. The number of carboxylic acid groups (broad SMARTS) is 1. The number of hydrogen-bond donors (Lipinski definition) is 3. The van der Waals surface area contributed by atoms with Gasteiger partial charge in [-0.15, -0.1) is 0 Å². The van der Waals surface area contributed by atoms with Gasteiger partial charge in [0.1, 0.15) is 5.76 Å². The monoisotopic (exact) mass is 472 g/mol. The predicted octanol–water partition coefficient (Wildman–Crippen LogP) is 4.65. The molecule has 0 radical (unpaired) electrons. The van der Waals surface area contributed by atoms with Gasteiger partial charge in [-0.2, -0.15) is 15.2 Å². The minimum Gasteiger partial charge on any atom is -0.505 e. The quantitative estimate of drug-likeness (QED) is 0.366. The van der Waals surface area contributed by atoms with Crippen molar-refractivity contribution in [3.63, 3.8) is 0 Å². The van der Waals surface area contributed by atoms with Crippen LogP contribution in [-0.4, -0.2) is 33.5 Å². The average molecular weight is 473 g/mol. The van der Waals surface area contributed by atoms with Crippen molar-refractivity contribution < 1.29 is 24.2 Å². The van der Waals surface area contributed by atoms with Gasteiger partial charge in [-0.25, -0.2) is 4.79 Å². The van der Waals surface area contributed by atoms with E-state index in [1.54, 1.807) is 13.0 Å². The number of aromatic carboxylic acids is 1. The molecule has 1 aliphatic carbocycles. The Labute approximate surface area is 201 Å². The number of phenols is 1. The molecule has 3 aromatic rings. The number of fused-ring (bicyclic) bond motifs is 1. The van der Waals surface area contributed by atoms with Crippen molar-refractivity contribution in [1.82, 2.24) is 0 Å². The standard InChI is InChI=1S/C26H24N4O5/c1-13-7-8-17(11-14(13)2)30-25(32)23(15(3)29-30)28-27-19-12-16-5-4-6-18(16)22(24(19)31)20-9-10-21(35-20)26(33)34/h7-12,27,31H,4-6H2,1-3H3,(H,33,34)/b28-23-. The SMILES string of the molecule is CC1=NN(c2ccc(C)c(C)c2)C(=O)/C1=N\Nc1cc2c(c(-c3ccc(C(=O)O)o3)c1O)CCC2. The molecule has 0 saturated carbocycles. The lowest BCUT2D eigenvalue weighted by Crippen LogP contribution is -2.28. The number of aryl methyl sites for hydroxylation is 3. The van der Waals surface area contributed by atoms with Crippen LogP contribution in [0.1, 0.15) is 46.2 Å². The first kappa shape index (κ1) is 22.4. The molecule has 0 unspecified atom stereocenters. The average Bonchev–Trinajstić information content (AvgIpc) is 3.54. The number of aromatic hydroxyl groups is 1. The van der Waals surface area contributed by atoms with Gasteiger partial charge < -0.3 is 14.6 Å². The molecular formula is C26H24N4O5. The lowest BCUT2D eigenvalue weighted by Gasteiger charge is -2.14. The Morgan fingerprint density at radius 3 is 2.63 bits per heavy atom. The molecule has 0 spiro atoms. The number of hydrazone groups is 2. The van der Waals surface area contributed by atoms with Crippen LogP contribution in [0, 0.1) is 13.8 Å². The normalized spacial score (nSPS) is 16.1. The minimum atomic E-state index is -1.18. The fourth-order valence-electron chi connectivity index (χ4n) is 4.44. The number of furan rings is 1. The highest BCUT2D eigenvalue weighted by molar-refractivity contribution is 6.71. The third-order valence-electron chi connectivity index (χ3n) is 6.45. The molecule has 1 aromatic heterocycles. The molecule has 2 aromatic carbocycles. The van der Waals surface area contributed by atoms with Crippen molar-refractivity contribution in [2.45, 2.75) is 40.0 Å². The van der Waals surface area contributed by atoms with Gasteiger partial charge >= 0.3 is 11.9 Å². The van der Waals surface area contributed by atoms with E-state index < -0.39 is 5.97 Å². The Morgan fingerprint density at radius 2 is 1.91 bits per heavy atom. The van der Waals surface area contributed by atoms with Crippen LogP contribution < -0.4 is 10.4 Å². The molecule has 178 valence electrons. The number of hydrogen-bond acceptors (Lipinski definition) is 7. The highest BCUT2D eigenvalue weighted by atomic mass is 16.4. The highest BCUT2D eigenvalue weighted by Gasteiger charge is 2.31. The van der Waals surface area contributed by atoms with E-state index in [-0.39, 0.29) is 28.9 Å². The van der Waals surface area contributed by atoms with E-state index in [0.717, 1.165) is 41.5 Å². The van der Waals surface area contributed by atoms with E-state index in [9.17, 15) is 19.8 Å². The minimum absolute atomic E-state index is 0.118. The molecule has 35 heavy (non-hydrogen) atoms. The summed E-state index contributed by atoms with van der Waals surface area (Å²) < 4.78 is 5.48. The summed E-state index contributed by atoms with van der Waals surface area (Å²) in [5.41, 5.74) is 8.89. The zero-order valence-corrected chi connectivity index (χ0v) is 19.5. The van der Waals surface area contributed by atoms with Gasteiger partial charge in [0.05, 0.1) is 22.6 Å². The van der Waals surface area contributed by atoms with Gasteiger partial charge in [0.25, 0.3) is 0 Å². The first-order valence-corrected chi connectivity index (χ1v) is 11.3. The van der Waals surface area contributed by atoms with Crippen molar-refractivity contribution in [3.05, 3.63) is 64.4 Å². The van der Waals surface area contributed by atoms with Gasteiger partial charge in [0, 0.05) is 0 Å². The predicted molar refractivity (Wildman–Crippen MR) is 132 cm³/mol. The molecule has 0 bridgehead atoms. The summed E-state index contributed by atoms with van der Waals surface area (Å²) in [6.07, 6.45) is 2.45. The number of amides is 1. The first-order valence-electron chi connectivity index (χ1n) is 11.3. The lowest BCUT2D eigenvalue weighted by atomic mass is 9.99. The van der Waals surface area contributed by atoms with Crippen LogP contribution in [0.3, 0.4) is 0 Å². The van der Waals surface area contributed by atoms with Gasteiger partial charge in [-0.3, -0.25) is 10.2 Å². The van der Waals surface area contributed by atoms with Crippen molar-refractivity contribution in [3.8, 4) is 17.1 Å². The summed E-state index contributed by atoms with van der Waals surface area (Å²) in [6.45, 7) is 5.67. The topological polar surface area (TPSA) is 128 Å². The van der Waals surface area contributed by atoms with Crippen LogP contribution in [0.4, 0.5) is 11.4 Å². The number of carbonyl (C=O) groups is 2. The second-order valence-electron chi connectivity index (χ2n) is 8.75. The summed E-state index contributed by atoms with van der Waals surface area (Å²) in [4.78, 5) is 24.3. The molecule has 0 fully saturated rings. The van der Waals surface area contributed by atoms with Crippen molar-refractivity contribution in [2.75, 3.05) is 10.4 Å². The molecule has 9 heteroatoms. The first-order chi connectivity index (χ1) is 16.7. The molecule has 2 heterocycles. The highest BCUT2D eigenvalue weighted by Crippen LogP contribution is 2.44. The Kier molecular flexibility index (Phi) is 5.39. The fraction of sp³-hybridized carbons (Fsp3) is 0.231. The van der Waals surface area contributed by atoms with E-state index >= 15 is 0 Å². The van der Waals surface area contributed by atoms with Crippen molar-refractivity contribution in [1.29, 1.82) is 0 Å². The molecule has 5 rings (SSSR count). The number of anilines is 2. The van der Waals surface area contributed by atoms with Gasteiger partial charge in [0.2, 0.25) is 5.76 Å². The molecule has 1 amide bonds. The number of nitrogens with zero attached hydrogens (tertiary/aromatic N) is 3. The second kappa shape index (κ2) is 8.43. The van der Waals surface area contributed by atoms with E-state index in [0.29, 0.717) is 22.6 Å². The number of rotatable bonds is 5. The molecule has 9 nitrogen and oxygen atoms in total. The number of nitrogens with one attached hydrogen (secondary N) is 1. The smallest absolute Gasteiger partial charge is 0.371 e. The fourth-order valence-corrected chi connectivity index (χ4v) is 4.44. The van der Waals surface area contributed by atoms with Crippen LogP contribution in [0.2, 0.25) is 0 Å². The summed E-state index contributed by atoms with van der Waals surface area (Å²) in [5, 5.41) is 30.3. The van der Waals surface area contributed by atoms with E-state index in [1.807, 2.05) is 32.0 Å². The zero-order valence-electron chi connectivity index (χ0n) is 19.5. The van der Waals surface area contributed by atoms with Crippen LogP contribution in [0.15, 0.2) is 51.0 Å². The molecule has 3 N–H and O–H groups in total. The van der Waals surface area contributed by atoms with E-state index in [4.69, 9.17) is 4.42 Å². The van der Waals surface area contributed by atoms with Gasteiger partial charge in [0.15, 0.2) is 11.5 Å². The number of carbonyl (C=O) groups excluding carboxylic acids is 1. The summed E-state index contributed by atoms with van der Waals surface area (Å²) in [7, 11) is 0. The molecule has 0 atom stereocenters. The number of benzene rings is 2.